The van der Waals surface area contributed by atoms with Gasteiger partial charge in [-0.15, -0.1) is 0 Å². The summed E-state index contributed by atoms with van der Waals surface area (Å²) in [6, 6.07) is 4.78. The lowest BCUT2D eigenvalue weighted by Gasteiger charge is -2.04. The van der Waals surface area contributed by atoms with Crippen molar-refractivity contribution in [3.63, 3.8) is 0 Å². The van der Waals surface area contributed by atoms with Crippen LogP contribution >= 0.6 is 55.1 Å². The summed E-state index contributed by atoms with van der Waals surface area (Å²) in [6.07, 6.45) is 0. The number of ketones is 1. The topological polar surface area (TPSA) is 17.1 Å². The van der Waals surface area contributed by atoms with Crippen molar-refractivity contribution >= 4 is 60.8 Å². The van der Waals surface area contributed by atoms with Gasteiger partial charge in [0.2, 0.25) is 0 Å². The molecule has 0 unspecified atom stereocenters. The summed E-state index contributed by atoms with van der Waals surface area (Å²) in [5.74, 6) is -0.146. The molecule has 0 aliphatic rings. The van der Waals surface area contributed by atoms with Gasteiger partial charge in [0.05, 0.1) is 5.02 Å². The van der Waals surface area contributed by atoms with Gasteiger partial charge < -0.3 is 0 Å². The highest BCUT2D eigenvalue weighted by atomic mass is 79.9. The van der Waals surface area contributed by atoms with Gasteiger partial charge in [0, 0.05) is 10.6 Å². The Balaban J connectivity index is 3.13. The fraction of sp³-hybridized carbons (Fsp3) is 0.125. The van der Waals surface area contributed by atoms with Crippen LogP contribution in [0.5, 0.6) is 0 Å². The summed E-state index contributed by atoms with van der Waals surface area (Å²) < 4.78 is -0.434. The van der Waals surface area contributed by atoms with E-state index in [-0.39, 0.29) is 5.78 Å². The van der Waals surface area contributed by atoms with Crippen molar-refractivity contribution in [1.82, 2.24) is 0 Å². The lowest BCUT2D eigenvalue weighted by atomic mass is 10.1. The third-order valence-corrected chi connectivity index (χ3v) is 2.79. The van der Waals surface area contributed by atoms with Crippen LogP contribution in [0.4, 0.5) is 0 Å². The van der Waals surface area contributed by atoms with Crippen LogP contribution in [-0.4, -0.2) is 9.52 Å². The van der Waals surface area contributed by atoms with Crippen molar-refractivity contribution in [1.29, 1.82) is 0 Å². The van der Waals surface area contributed by atoms with Gasteiger partial charge in [0.1, 0.15) is 3.74 Å². The maximum atomic E-state index is 11.5. The van der Waals surface area contributed by atoms with E-state index in [2.05, 4.69) is 31.9 Å². The fourth-order valence-electron chi connectivity index (χ4n) is 0.804. The monoisotopic (exact) mass is 344 g/mol. The lowest BCUT2D eigenvalue weighted by Crippen LogP contribution is -2.07. The molecule has 0 saturated carbocycles. The van der Waals surface area contributed by atoms with Gasteiger partial charge in [-0.05, 0) is 18.2 Å². The highest BCUT2D eigenvalue weighted by molar-refractivity contribution is 9.25. The second-order valence-electron chi connectivity index (χ2n) is 2.29. The maximum absolute atomic E-state index is 11.5. The molecule has 0 fully saturated rings. The van der Waals surface area contributed by atoms with E-state index in [9.17, 15) is 4.79 Å². The normalized spacial score (nSPS) is 10.5. The fourth-order valence-corrected chi connectivity index (χ4v) is 1.68. The van der Waals surface area contributed by atoms with Crippen LogP contribution in [0.15, 0.2) is 18.2 Å². The largest absolute Gasteiger partial charge is 0.292 e. The molecule has 1 rings (SSSR count). The molecule has 1 aromatic rings. The molecule has 0 saturated heterocycles. The van der Waals surface area contributed by atoms with Crippen LogP contribution in [0.1, 0.15) is 10.4 Å². The Morgan fingerprint density at radius 2 is 1.92 bits per heavy atom. The van der Waals surface area contributed by atoms with E-state index in [4.69, 9.17) is 23.2 Å². The molecule has 0 N–H and O–H groups in total. The van der Waals surface area contributed by atoms with Gasteiger partial charge >= 0.3 is 0 Å². The average Bonchev–Trinajstić information content (AvgIpc) is 2.08. The Bertz CT molecular complexity index is 339. The summed E-state index contributed by atoms with van der Waals surface area (Å²) >= 11 is 17.7. The van der Waals surface area contributed by atoms with Crippen molar-refractivity contribution in [2.75, 3.05) is 0 Å². The zero-order valence-corrected chi connectivity index (χ0v) is 10.9. The summed E-state index contributed by atoms with van der Waals surface area (Å²) in [6.45, 7) is 0. The Labute approximate surface area is 103 Å². The van der Waals surface area contributed by atoms with Crippen molar-refractivity contribution in [2.24, 2.45) is 0 Å². The molecule has 0 radical (unpaired) electrons. The smallest absolute Gasteiger partial charge is 0.188 e. The first-order chi connectivity index (χ1) is 6.02. The van der Waals surface area contributed by atoms with E-state index in [1.54, 1.807) is 18.2 Å². The third-order valence-electron chi connectivity index (χ3n) is 1.39. The Morgan fingerprint density at radius 1 is 1.31 bits per heavy atom. The number of carbonyl (C=O) groups is 1. The summed E-state index contributed by atoms with van der Waals surface area (Å²) in [5, 5.41) is 0.895. The summed E-state index contributed by atoms with van der Waals surface area (Å²) in [5.41, 5.74) is 0.410. The number of halogens is 4. The van der Waals surface area contributed by atoms with E-state index in [0.717, 1.165) is 0 Å². The van der Waals surface area contributed by atoms with Crippen LogP contribution in [0.3, 0.4) is 0 Å². The SMILES string of the molecule is O=C(c1cc(Cl)ccc1Cl)C(Br)Br. The van der Waals surface area contributed by atoms with Gasteiger partial charge in [-0.1, -0.05) is 55.1 Å². The first kappa shape index (κ1) is 11.5. The van der Waals surface area contributed by atoms with Crippen LogP contribution in [0.2, 0.25) is 10.0 Å². The molecule has 1 nitrogen and oxygen atoms in total. The standard InChI is InChI=1S/C8H4Br2Cl2O/c9-8(10)7(13)5-3-4(11)1-2-6(5)12/h1-3,8H. The molecule has 0 spiro atoms. The number of hydrogen-bond donors (Lipinski definition) is 0. The van der Waals surface area contributed by atoms with Crippen LogP contribution < -0.4 is 0 Å². The molecule has 0 heterocycles. The van der Waals surface area contributed by atoms with Crippen LogP contribution in [-0.2, 0) is 0 Å². The molecular formula is C8H4Br2Cl2O. The molecule has 1 aromatic carbocycles. The van der Waals surface area contributed by atoms with Crippen molar-refractivity contribution in [2.45, 2.75) is 3.74 Å². The minimum Gasteiger partial charge on any atom is -0.292 e. The second-order valence-corrected chi connectivity index (χ2v) is 6.19. The zero-order chi connectivity index (χ0) is 10.0. The van der Waals surface area contributed by atoms with Crippen molar-refractivity contribution in [3.05, 3.63) is 33.8 Å². The minimum absolute atomic E-state index is 0.146. The molecule has 0 aliphatic heterocycles. The predicted octanol–water partition coefficient (Wildman–Crippen LogP) is 4.29. The number of carbonyl (C=O) groups excluding carboxylic acids is 1. The molecule has 70 valence electrons. The Hall–Kier alpha value is 0.430. The molecule has 0 aromatic heterocycles. The maximum Gasteiger partial charge on any atom is 0.188 e. The number of Topliss-reactive ketones (excluding diaryl/α,β-unsaturated/α-hetero) is 1. The van der Waals surface area contributed by atoms with Crippen molar-refractivity contribution < 1.29 is 4.79 Å². The molecule has 0 bridgehead atoms. The summed E-state index contributed by atoms with van der Waals surface area (Å²) in [4.78, 5) is 11.5. The van der Waals surface area contributed by atoms with Crippen LogP contribution in [0, 0.1) is 0 Å². The van der Waals surface area contributed by atoms with Gasteiger partial charge in [-0.3, -0.25) is 4.79 Å². The Morgan fingerprint density at radius 3 is 2.46 bits per heavy atom. The first-order valence-corrected chi connectivity index (χ1v) is 5.88. The average molecular weight is 347 g/mol. The van der Waals surface area contributed by atoms with E-state index in [1.165, 1.54) is 0 Å². The number of hydrogen-bond acceptors (Lipinski definition) is 1. The predicted molar refractivity (Wildman–Crippen MR) is 62.4 cm³/mol. The minimum atomic E-state index is -0.434. The lowest BCUT2D eigenvalue weighted by molar-refractivity contribution is 0.101. The highest BCUT2D eigenvalue weighted by Crippen LogP contribution is 2.25. The second kappa shape index (κ2) is 4.78. The van der Waals surface area contributed by atoms with Crippen LogP contribution in [0.25, 0.3) is 0 Å². The third kappa shape index (κ3) is 2.94. The number of alkyl halides is 2. The van der Waals surface area contributed by atoms with Gasteiger partial charge in [0.15, 0.2) is 5.78 Å². The van der Waals surface area contributed by atoms with E-state index in [1.807, 2.05) is 0 Å². The van der Waals surface area contributed by atoms with E-state index < -0.39 is 3.74 Å². The Kier molecular flexibility index (Phi) is 4.23. The van der Waals surface area contributed by atoms with Gasteiger partial charge in [-0.25, -0.2) is 0 Å². The molecular weight excluding hydrogens is 343 g/mol. The highest BCUT2D eigenvalue weighted by Gasteiger charge is 2.16. The molecule has 0 aliphatic carbocycles. The number of rotatable bonds is 2. The van der Waals surface area contributed by atoms with Gasteiger partial charge in [0.25, 0.3) is 0 Å². The van der Waals surface area contributed by atoms with Gasteiger partial charge in [-0.2, -0.15) is 0 Å². The zero-order valence-electron chi connectivity index (χ0n) is 6.23. The first-order valence-electron chi connectivity index (χ1n) is 3.30. The van der Waals surface area contributed by atoms with E-state index in [0.29, 0.717) is 15.6 Å². The summed E-state index contributed by atoms with van der Waals surface area (Å²) in [7, 11) is 0. The molecule has 13 heavy (non-hydrogen) atoms. The molecule has 5 heteroatoms. The van der Waals surface area contributed by atoms with E-state index >= 15 is 0 Å². The number of benzene rings is 1. The van der Waals surface area contributed by atoms with Crippen molar-refractivity contribution in [3.8, 4) is 0 Å². The quantitative estimate of drug-likeness (QED) is 0.576. The molecule has 0 atom stereocenters. The molecule has 0 amide bonds.